The minimum atomic E-state index is -0.374. The lowest BCUT2D eigenvalue weighted by atomic mass is 9.70. The van der Waals surface area contributed by atoms with Gasteiger partial charge in [0.15, 0.2) is 0 Å². The first kappa shape index (κ1) is 17.9. The van der Waals surface area contributed by atoms with Crippen molar-refractivity contribution in [2.24, 2.45) is 5.41 Å². The average molecular weight is 377 g/mol. The fourth-order valence-corrected chi connectivity index (χ4v) is 6.08. The third-order valence-electron chi connectivity index (χ3n) is 6.45. The molecule has 2 amide bonds. The van der Waals surface area contributed by atoms with Crippen molar-refractivity contribution in [3.05, 3.63) is 18.0 Å². The van der Waals surface area contributed by atoms with Gasteiger partial charge in [0.1, 0.15) is 6.54 Å². The number of carbonyl (C=O) groups is 2. The van der Waals surface area contributed by atoms with Gasteiger partial charge in [-0.2, -0.15) is 16.9 Å². The molecule has 0 saturated carbocycles. The minimum absolute atomic E-state index is 0.0590. The Morgan fingerprint density at radius 2 is 2.08 bits per heavy atom. The van der Waals surface area contributed by atoms with E-state index in [1.54, 1.807) is 4.68 Å². The summed E-state index contributed by atoms with van der Waals surface area (Å²) in [7, 11) is 0. The molecular weight excluding hydrogens is 348 g/mol. The maximum Gasteiger partial charge on any atom is 0.244 e. The number of thioether (sulfide) groups is 1. The van der Waals surface area contributed by atoms with E-state index in [2.05, 4.69) is 16.9 Å². The number of nitrogens with zero attached hydrogens (tertiary/aromatic N) is 4. The van der Waals surface area contributed by atoms with Gasteiger partial charge in [0.05, 0.1) is 11.1 Å². The fourth-order valence-electron chi connectivity index (χ4n) is 5.17. The summed E-state index contributed by atoms with van der Waals surface area (Å²) in [5.74, 6) is 2.46. The standard InChI is InChI=1S/C19H28N4O2S/c1-3-19(18(25)21-8-10-26-11-9-21)12-15-4-5-16(19)23(15)17(24)13-22-7-6-14(2)20-22/h6-7,15-16H,3-5,8-13H2,1-2H3/t15-,16+,19+/m0/s1. The van der Waals surface area contributed by atoms with Gasteiger partial charge in [-0.05, 0) is 38.7 Å². The minimum Gasteiger partial charge on any atom is -0.340 e. The van der Waals surface area contributed by atoms with Crippen molar-refractivity contribution in [3.8, 4) is 0 Å². The van der Waals surface area contributed by atoms with Crippen LogP contribution in [0.4, 0.5) is 0 Å². The van der Waals surface area contributed by atoms with E-state index in [9.17, 15) is 9.59 Å². The highest BCUT2D eigenvalue weighted by molar-refractivity contribution is 7.99. The van der Waals surface area contributed by atoms with E-state index >= 15 is 0 Å². The second-order valence-corrected chi connectivity index (χ2v) is 9.05. The van der Waals surface area contributed by atoms with Crippen molar-refractivity contribution in [1.29, 1.82) is 0 Å². The number of amides is 2. The molecule has 26 heavy (non-hydrogen) atoms. The van der Waals surface area contributed by atoms with Crippen molar-refractivity contribution in [2.75, 3.05) is 24.6 Å². The van der Waals surface area contributed by atoms with Gasteiger partial charge in [-0.25, -0.2) is 0 Å². The van der Waals surface area contributed by atoms with Crippen LogP contribution in [0, 0.1) is 12.3 Å². The molecular formula is C19H28N4O2S. The first-order valence-electron chi connectivity index (χ1n) is 9.73. The van der Waals surface area contributed by atoms with Gasteiger partial charge >= 0.3 is 0 Å². The Kier molecular flexibility index (Phi) is 4.75. The summed E-state index contributed by atoms with van der Waals surface area (Å²) < 4.78 is 1.72. The molecule has 4 heterocycles. The first-order valence-corrected chi connectivity index (χ1v) is 10.9. The highest BCUT2D eigenvalue weighted by atomic mass is 32.2. The second-order valence-electron chi connectivity index (χ2n) is 7.82. The van der Waals surface area contributed by atoms with Crippen molar-refractivity contribution in [1.82, 2.24) is 19.6 Å². The molecule has 3 saturated heterocycles. The lowest BCUT2D eigenvalue weighted by Gasteiger charge is -2.40. The largest absolute Gasteiger partial charge is 0.340 e. The second kappa shape index (κ2) is 6.91. The third kappa shape index (κ3) is 2.84. The summed E-state index contributed by atoms with van der Waals surface area (Å²) in [6, 6.07) is 2.19. The molecule has 7 heteroatoms. The predicted molar refractivity (Wildman–Crippen MR) is 102 cm³/mol. The summed E-state index contributed by atoms with van der Waals surface area (Å²) in [5.41, 5.74) is 0.545. The van der Waals surface area contributed by atoms with Gasteiger partial charge in [-0.1, -0.05) is 6.92 Å². The number of fused-ring (bicyclic) bond motifs is 2. The van der Waals surface area contributed by atoms with Gasteiger partial charge in [0.2, 0.25) is 11.8 Å². The molecule has 0 unspecified atom stereocenters. The average Bonchev–Trinajstić information content (AvgIpc) is 3.35. The van der Waals surface area contributed by atoms with Crippen molar-refractivity contribution in [3.63, 3.8) is 0 Å². The van der Waals surface area contributed by atoms with E-state index in [0.717, 1.165) is 56.0 Å². The van der Waals surface area contributed by atoms with E-state index in [1.807, 2.05) is 35.8 Å². The zero-order valence-electron chi connectivity index (χ0n) is 15.7. The SMILES string of the molecule is CC[C@@]1(C(=O)N2CCSCC2)C[C@@H]2CC[C@H]1N2C(=O)Cn1ccc(C)n1. The maximum atomic E-state index is 13.4. The first-order chi connectivity index (χ1) is 12.5. The maximum absolute atomic E-state index is 13.4. The Balaban J connectivity index is 1.53. The van der Waals surface area contributed by atoms with E-state index in [-0.39, 0.29) is 30.0 Å². The number of hydrogen-bond acceptors (Lipinski definition) is 4. The zero-order valence-corrected chi connectivity index (χ0v) is 16.5. The predicted octanol–water partition coefficient (Wildman–Crippen LogP) is 1.93. The molecule has 0 aliphatic carbocycles. The number of carbonyl (C=O) groups excluding carboxylic acids is 2. The van der Waals surface area contributed by atoms with Gasteiger partial charge in [-0.3, -0.25) is 14.3 Å². The van der Waals surface area contributed by atoms with Crippen LogP contribution in [-0.2, 0) is 16.1 Å². The monoisotopic (exact) mass is 376 g/mol. The molecule has 1 aromatic heterocycles. The van der Waals surface area contributed by atoms with Crippen LogP contribution in [0.2, 0.25) is 0 Å². The normalized spacial score (nSPS) is 30.8. The fraction of sp³-hybridized carbons (Fsp3) is 0.737. The van der Waals surface area contributed by atoms with Crippen LogP contribution in [0.3, 0.4) is 0 Å². The Labute approximate surface area is 159 Å². The van der Waals surface area contributed by atoms with Crippen LogP contribution in [-0.4, -0.2) is 68.1 Å². The molecule has 3 fully saturated rings. The molecule has 3 atom stereocenters. The lowest BCUT2D eigenvalue weighted by Crippen LogP contribution is -2.53. The van der Waals surface area contributed by atoms with Crippen molar-refractivity contribution >= 4 is 23.6 Å². The van der Waals surface area contributed by atoms with Crippen molar-refractivity contribution in [2.45, 2.75) is 58.2 Å². The van der Waals surface area contributed by atoms with Crippen LogP contribution in [0.25, 0.3) is 0 Å². The molecule has 2 bridgehead atoms. The Hall–Kier alpha value is -1.50. The number of hydrogen-bond donors (Lipinski definition) is 0. The molecule has 0 N–H and O–H groups in total. The van der Waals surface area contributed by atoms with E-state index in [1.165, 1.54) is 0 Å². The van der Waals surface area contributed by atoms with E-state index in [4.69, 9.17) is 0 Å². The molecule has 142 valence electrons. The topological polar surface area (TPSA) is 58.4 Å². The van der Waals surface area contributed by atoms with E-state index < -0.39 is 0 Å². The van der Waals surface area contributed by atoms with Crippen LogP contribution in [0.5, 0.6) is 0 Å². The summed E-state index contributed by atoms with van der Waals surface area (Å²) in [5, 5.41) is 4.35. The van der Waals surface area contributed by atoms with Crippen molar-refractivity contribution < 1.29 is 9.59 Å². The molecule has 0 spiro atoms. The molecule has 4 rings (SSSR count). The molecule has 1 aromatic rings. The van der Waals surface area contributed by atoms with Crippen LogP contribution >= 0.6 is 11.8 Å². The summed E-state index contributed by atoms with van der Waals surface area (Å²) in [6.07, 6.45) is 5.49. The van der Waals surface area contributed by atoms with Crippen LogP contribution < -0.4 is 0 Å². The third-order valence-corrected chi connectivity index (χ3v) is 7.40. The quantitative estimate of drug-likeness (QED) is 0.806. The summed E-state index contributed by atoms with van der Waals surface area (Å²) in [4.78, 5) is 30.6. The lowest BCUT2D eigenvalue weighted by molar-refractivity contribution is -0.145. The van der Waals surface area contributed by atoms with Gasteiger partial charge in [0.25, 0.3) is 0 Å². The summed E-state index contributed by atoms with van der Waals surface area (Å²) in [6.45, 7) is 6.02. The summed E-state index contributed by atoms with van der Waals surface area (Å²) >= 11 is 1.92. The smallest absolute Gasteiger partial charge is 0.244 e. The molecule has 3 aliphatic heterocycles. The zero-order chi connectivity index (χ0) is 18.3. The highest BCUT2D eigenvalue weighted by Crippen LogP contribution is 2.52. The number of rotatable bonds is 4. The molecule has 6 nitrogen and oxygen atoms in total. The number of aromatic nitrogens is 2. The van der Waals surface area contributed by atoms with Crippen LogP contribution in [0.1, 0.15) is 38.3 Å². The molecule has 3 aliphatic rings. The molecule has 0 aromatic carbocycles. The van der Waals surface area contributed by atoms with Crippen LogP contribution in [0.15, 0.2) is 12.3 Å². The molecule has 0 radical (unpaired) electrons. The van der Waals surface area contributed by atoms with E-state index in [0.29, 0.717) is 5.91 Å². The Morgan fingerprint density at radius 1 is 1.31 bits per heavy atom. The Morgan fingerprint density at radius 3 is 2.73 bits per heavy atom. The van der Waals surface area contributed by atoms with Gasteiger partial charge in [-0.15, -0.1) is 0 Å². The highest BCUT2D eigenvalue weighted by Gasteiger charge is 2.60. The Bertz CT molecular complexity index is 699. The number of aryl methyl sites for hydroxylation is 1. The van der Waals surface area contributed by atoms with Gasteiger partial charge in [0, 0.05) is 42.9 Å². The van der Waals surface area contributed by atoms with Gasteiger partial charge < -0.3 is 9.80 Å².